The molecule has 0 saturated carbocycles. The van der Waals surface area contributed by atoms with Crippen LogP contribution in [0.3, 0.4) is 0 Å². The number of aryl methyl sites for hydroxylation is 1. The van der Waals surface area contributed by atoms with E-state index >= 15 is 0 Å². The molecule has 0 aliphatic heterocycles. The molecule has 4 aromatic carbocycles. The van der Waals surface area contributed by atoms with Gasteiger partial charge < -0.3 is 24.8 Å². The fourth-order valence-corrected chi connectivity index (χ4v) is 16.1. The minimum absolute atomic E-state index is 0. The van der Waals surface area contributed by atoms with E-state index in [2.05, 4.69) is 127 Å². The maximum atomic E-state index is 14.2. The summed E-state index contributed by atoms with van der Waals surface area (Å²) in [7, 11) is 0. The zero-order valence-corrected chi connectivity index (χ0v) is 32.0. The van der Waals surface area contributed by atoms with Crippen molar-refractivity contribution in [3.05, 3.63) is 148 Å². The van der Waals surface area contributed by atoms with Crippen LogP contribution in [-0.2, 0) is 44.7 Å². The summed E-state index contributed by atoms with van der Waals surface area (Å²) in [6.45, 7) is 15.6. The Morgan fingerprint density at radius 3 is 1.91 bits per heavy atom. The number of halogens is 5. The molecule has 6 heteroatoms. The summed E-state index contributed by atoms with van der Waals surface area (Å²) in [5.41, 5.74) is 10.1. The van der Waals surface area contributed by atoms with Gasteiger partial charge in [-0.1, -0.05) is 0 Å². The second-order valence-corrected chi connectivity index (χ2v) is 20.7. The maximum Gasteiger partial charge on any atom is -1.00 e. The van der Waals surface area contributed by atoms with E-state index in [-0.39, 0.29) is 39.3 Å². The monoisotopic (exact) mass is 750 g/mol. The van der Waals surface area contributed by atoms with Crippen molar-refractivity contribution < 1.29 is 59.3 Å². The summed E-state index contributed by atoms with van der Waals surface area (Å²) in [6, 6.07) is 26.1. The van der Waals surface area contributed by atoms with Crippen LogP contribution in [0.25, 0.3) is 11.1 Å². The average Bonchev–Trinajstić information content (AvgIpc) is 3.63. The number of hydrogen-bond acceptors (Lipinski definition) is 0. The molecule has 0 bridgehead atoms. The second-order valence-electron chi connectivity index (χ2n) is 14.6. The van der Waals surface area contributed by atoms with Gasteiger partial charge in [-0.2, -0.15) is 0 Å². The van der Waals surface area contributed by atoms with Crippen molar-refractivity contribution in [3.63, 3.8) is 0 Å². The Morgan fingerprint density at radius 1 is 0.681 bits per heavy atom. The minimum atomic E-state index is -4.41. The first kappa shape index (κ1) is 37.3. The van der Waals surface area contributed by atoms with Crippen molar-refractivity contribution in [1.82, 2.24) is 0 Å². The molecule has 4 aromatic rings. The SMILES string of the molecule is Cc1ccc([C](c2cccc(C(F)(F)F)c2)=[Zr+2]([c]2c(C(C)(C)C)ccc3c2Cc2cc(C(C)(C)C)ccc2-3)[CH]2C=CC=C2)cc1.[Cl-].[Cl-]. The van der Waals surface area contributed by atoms with E-state index in [4.69, 9.17) is 0 Å². The third kappa shape index (κ3) is 7.41. The van der Waals surface area contributed by atoms with Gasteiger partial charge in [0.05, 0.1) is 0 Å². The molecular formula is C41H41Cl2F3Zr. The summed E-state index contributed by atoms with van der Waals surface area (Å²) in [5.74, 6) is 0. The molecule has 0 amide bonds. The van der Waals surface area contributed by atoms with E-state index < -0.39 is 33.0 Å². The van der Waals surface area contributed by atoms with Gasteiger partial charge in [0, 0.05) is 0 Å². The molecule has 0 atom stereocenters. The maximum absolute atomic E-state index is 14.2. The van der Waals surface area contributed by atoms with Gasteiger partial charge in [0.25, 0.3) is 0 Å². The topological polar surface area (TPSA) is 0 Å². The first-order valence-electron chi connectivity index (χ1n) is 15.8. The molecule has 6 rings (SSSR count). The van der Waals surface area contributed by atoms with Crippen molar-refractivity contribution in [3.8, 4) is 11.1 Å². The number of alkyl halides is 3. The van der Waals surface area contributed by atoms with Crippen LogP contribution in [0, 0.1) is 6.92 Å². The van der Waals surface area contributed by atoms with E-state index in [1.807, 2.05) is 6.07 Å². The largest absolute Gasteiger partial charge is 1.00 e. The standard InChI is InChI=1S/C21H25.C15H11F3.C5H5.2ClH.Zr/c1-20(2,3)16-7-9-18-14(12-16)11-15-13-17(21(4,5)6)8-10-19(15)18;1-11-5-7-12(8-6-11)9-13-3-2-4-14(10-13)15(16,17)18;1-2-4-5-3-1;;;/h7-10,12H,11H2,1-6H3;2-8,10H,1H3;1-5H;2*1H;/q;;;;;+2/p-2. The molecular weight excluding hydrogens is 712 g/mol. The molecule has 0 saturated heterocycles. The summed E-state index contributed by atoms with van der Waals surface area (Å²) < 4.78 is 45.2. The predicted molar refractivity (Wildman–Crippen MR) is 180 cm³/mol. The predicted octanol–water partition coefficient (Wildman–Crippen LogP) is 4.62. The molecule has 0 aromatic heterocycles. The molecule has 0 nitrogen and oxygen atoms in total. The van der Waals surface area contributed by atoms with E-state index in [1.54, 1.807) is 6.07 Å². The van der Waals surface area contributed by atoms with Crippen molar-refractivity contribution in [2.24, 2.45) is 0 Å². The molecule has 0 fully saturated rings. The summed E-state index contributed by atoms with van der Waals surface area (Å²) in [5, 5.41) is 0. The normalized spacial score (nSPS) is 14.3. The van der Waals surface area contributed by atoms with Gasteiger partial charge in [-0.25, -0.2) is 0 Å². The van der Waals surface area contributed by atoms with Gasteiger partial charge in [0.15, 0.2) is 0 Å². The van der Waals surface area contributed by atoms with Gasteiger partial charge in [-0.15, -0.1) is 0 Å². The van der Waals surface area contributed by atoms with Gasteiger partial charge in [-0.3, -0.25) is 0 Å². The molecule has 0 spiro atoms. The van der Waals surface area contributed by atoms with Crippen LogP contribution in [0.5, 0.6) is 0 Å². The molecule has 0 radical (unpaired) electrons. The molecule has 47 heavy (non-hydrogen) atoms. The Labute approximate surface area is 298 Å². The third-order valence-electron chi connectivity index (χ3n) is 9.19. The Balaban J connectivity index is 0.00000250. The number of fused-ring (bicyclic) bond motifs is 3. The average molecular weight is 753 g/mol. The van der Waals surface area contributed by atoms with Crippen molar-refractivity contribution in [2.75, 3.05) is 0 Å². The van der Waals surface area contributed by atoms with E-state index in [0.717, 1.165) is 20.8 Å². The van der Waals surface area contributed by atoms with Crippen molar-refractivity contribution in [2.45, 2.75) is 75.5 Å². The van der Waals surface area contributed by atoms with Crippen LogP contribution in [0.4, 0.5) is 13.2 Å². The Morgan fingerprint density at radius 2 is 1.32 bits per heavy atom. The van der Waals surface area contributed by atoms with Crippen LogP contribution in [0.15, 0.2) is 103 Å². The number of rotatable bonds is 4. The van der Waals surface area contributed by atoms with Gasteiger partial charge in [0.1, 0.15) is 0 Å². The van der Waals surface area contributed by atoms with Crippen molar-refractivity contribution >= 4 is 6.48 Å². The van der Waals surface area contributed by atoms with Gasteiger partial charge in [-0.05, 0) is 0 Å². The zero-order valence-electron chi connectivity index (χ0n) is 28.0. The summed E-state index contributed by atoms with van der Waals surface area (Å²) in [4.78, 5) is 0. The number of allylic oxidation sites excluding steroid dienone is 4. The van der Waals surface area contributed by atoms with Gasteiger partial charge in [0.2, 0.25) is 0 Å². The molecule has 0 heterocycles. The van der Waals surface area contributed by atoms with Crippen LogP contribution >= 0.6 is 0 Å². The fourth-order valence-electron chi connectivity index (χ4n) is 6.81. The van der Waals surface area contributed by atoms with E-state index in [9.17, 15) is 13.2 Å². The summed E-state index contributed by atoms with van der Waals surface area (Å²) in [6.07, 6.45) is 5.26. The number of hydrogen-bond donors (Lipinski definition) is 0. The Bertz CT molecular complexity index is 1870. The Hall–Kier alpha value is -2.52. The minimum Gasteiger partial charge on any atom is -1.00 e. The quantitative estimate of drug-likeness (QED) is 0.252. The molecule has 2 aliphatic rings. The van der Waals surface area contributed by atoms with Crippen molar-refractivity contribution in [1.29, 1.82) is 0 Å². The fraction of sp³-hybridized carbons (Fsp3) is 0.293. The third-order valence-corrected chi connectivity index (χ3v) is 17.2. The first-order valence-corrected chi connectivity index (χ1v) is 19.6. The van der Waals surface area contributed by atoms with Crippen LogP contribution in [-0.4, -0.2) is 3.21 Å². The molecule has 0 unspecified atom stereocenters. The Kier molecular flexibility index (Phi) is 10.9. The molecule has 2 aliphatic carbocycles. The van der Waals surface area contributed by atoms with Crippen LogP contribution < -0.4 is 28.1 Å². The smallest absolute Gasteiger partial charge is 1.00 e. The molecule has 244 valence electrons. The summed E-state index contributed by atoms with van der Waals surface area (Å²) >= 11 is -3.16. The van der Waals surface area contributed by atoms with Crippen LogP contribution in [0.2, 0.25) is 3.63 Å². The molecule has 0 N–H and O–H groups in total. The number of benzene rings is 4. The van der Waals surface area contributed by atoms with E-state index in [0.29, 0.717) is 5.56 Å². The second kappa shape index (κ2) is 13.8. The zero-order chi connectivity index (χ0) is 32.3. The first-order chi connectivity index (χ1) is 21.1. The van der Waals surface area contributed by atoms with Gasteiger partial charge >= 0.3 is 275 Å². The van der Waals surface area contributed by atoms with Crippen LogP contribution in [0.1, 0.15) is 86.1 Å². The van der Waals surface area contributed by atoms with E-state index in [1.165, 1.54) is 48.8 Å².